The van der Waals surface area contributed by atoms with Crippen molar-refractivity contribution in [2.24, 2.45) is 5.73 Å². The number of thioether (sulfide) groups is 1. The maximum atomic E-state index is 14.3. The van der Waals surface area contributed by atoms with E-state index in [1.54, 1.807) is 30.3 Å². The van der Waals surface area contributed by atoms with Gasteiger partial charge < -0.3 is 52.0 Å². The Bertz CT molecular complexity index is 1730. The summed E-state index contributed by atoms with van der Waals surface area (Å²) in [6.45, 7) is -0.0133. The van der Waals surface area contributed by atoms with Crippen molar-refractivity contribution in [2.75, 3.05) is 31.6 Å². The maximum absolute atomic E-state index is 14.3. The predicted octanol–water partition coefficient (Wildman–Crippen LogP) is -1.22. The summed E-state index contributed by atoms with van der Waals surface area (Å²) >= 11 is 1.48. The fourth-order valence-corrected chi connectivity index (χ4v) is 7.30. The Balaban J connectivity index is 1.53. The lowest BCUT2D eigenvalue weighted by molar-refractivity contribution is -0.148. The molecule has 0 bridgehead atoms. The molecule has 310 valence electrons. The fourth-order valence-electron chi connectivity index (χ4n) is 6.81. The average Bonchev–Trinajstić information content (AvgIpc) is 4.00. The van der Waals surface area contributed by atoms with Gasteiger partial charge in [-0.2, -0.15) is 11.8 Å². The third kappa shape index (κ3) is 13.0. The van der Waals surface area contributed by atoms with Gasteiger partial charge in [-0.1, -0.05) is 30.3 Å². The van der Waals surface area contributed by atoms with Crippen LogP contribution in [0.3, 0.4) is 0 Å². The number of aromatic amines is 1. The lowest BCUT2D eigenvalue weighted by Gasteiger charge is -2.30. The molecule has 0 saturated carbocycles. The highest BCUT2D eigenvalue weighted by Gasteiger charge is 2.40. The Morgan fingerprint density at radius 2 is 1.51 bits per heavy atom. The third-order valence-corrected chi connectivity index (χ3v) is 10.5. The molecular formula is C37H51N9O10S. The van der Waals surface area contributed by atoms with Gasteiger partial charge in [0.05, 0.1) is 24.6 Å². The number of amides is 6. The molecular weight excluding hydrogens is 763 g/mol. The number of likely N-dealkylation sites (tertiary alicyclic amines) is 2. The second kappa shape index (κ2) is 21.7. The van der Waals surface area contributed by atoms with Crippen LogP contribution in [0.15, 0.2) is 42.9 Å². The Kier molecular flexibility index (Phi) is 16.8. The molecule has 1 aromatic carbocycles. The van der Waals surface area contributed by atoms with Crippen LogP contribution < -0.4 is 27.0 Å². The van der Waals surface area contributed by atoms with Crippen molar-refractivity contribution in [3.63, 3.8) is 0 Å². The summed E-state index contributed by atoms with van der Waals surface area (Å²) in [4.78, 5) is 114. The SMILES string of the molecule is CSCCC(N)C(=O)NC(CCC(=O)O)C(=O)NC(Cc1c[nH]cn1)C(=O)NC(Cc1ccccc1)C(=O)N1CCCC1C(=O)NCC(=O)N1CCCC1C(=O)O. The van der Waals surface area contributed by atoms with E-state index in [0.29, 0.717) is 42.7 Å². The molecule has 20 heteroatoms. The second-order valence-electron chi connectivity index (χ2n) is 13.9. The molecule has 0 radical (unpaired) electrons. The molecule has 19 nitrogen and oxygen atoms in total. The van der Waals surface area contributed by atoms with E-state index in [0.717, 1.165) is 0 Å². The highest BCUT2D eigenvalue weighted by atomic mass is 32.2. The van der Waals surface area contributed by atoms with Gasteiger partial charge in [-0.05, 0) is 56.1 Å². The first-order valence-electron chi connectivity index (χ1n) is 18.8. The van der Waals surface area contributed by atoms with Crippen LogP contribution >= 0.6 is 11.8 Å². The molecule has 2 fully saturated rings. The standard InChI is InChI=1S/C37H51N9O10S/c1-57-16-13-24(38)32(50)42-25(11-12-31(48)49)33(51)43-26(18-23-19-39-21-41-23)34(52)44-27(17-22-7-3-2-4-8-22)36(54)46-15-5-9-28(46)35(53)40-20-30(47)45-14-6-10-29(45)37(55)56/h2-4,7-8,19,21,24-29H,5-6,9-18,20,38H2,1H3,(H,39,41)(H,40,53)(H,42,50)(H,43,51)(H,44,52)(H,48,49)(H,55,56). The van der Waals surface area contributed by atoms with E-state index < -0.39 is 96.6 Å². The van der Waals surface area contributed by atoms with Crippen molar-refractivity contribution in [2.45, 2.75) is 94.0 Å². The van der Waals surface area contributed by atoms with Crippen LogP contribution in [-0.4, -0.2) is 145 Å². The molecule has 0 spiro atoms. The van der Waals surface area contributed by atoms with Gasteiger partial charge in [-0.3, -0.25) is 33.6 Å². The van der Waals surface area contributed by atoms with Gasteiger partial charge in [0.25, 0.3) is 0 Å². The van der Waals surface area contributed by atoms with Crippen LogP contribution in [0.4, 0.5) is 0 Å². The van der Waals surface area contributed by atoms with Crippen molar-refractivity contribution in [3.05, 3.63) is 54.1 Å². The first-order chi connectivity index (χ1) is 27.3. The van der Waals surface area contributed by atoms with Crippen molar-refractivity contribution >= 4 is 59.1 Å². The number of H-pyrrole nitrogens is 1. The zero-order valence-corrected chi connectivity index (χ0v) is 32.5. The molecule has 3 heterocycles. The molecule has 4 rings (SSSR count). The molecule has 9 N–H and O–H groups in total. The highest BCUT2D eigenvalue weighted by molar-refractivity contribution is 7.98. The van der Waals surface area contributed by atoms with Gasteiger partial charge in [-0.15, -0.1) is 0 Å². The van der Waals surface area contributed by atoms with Crippen LogP contribution in [0.25, 0.3) is 0 Å². The van der Waals surface area contributed by atoms with E-state index in [9.17, 15) is 48.6 Å². The Labute approximate surface area is 333 Å². The van der Waals surface area contributed by atoms with Gasteiger partial charge in [0.2, 0.25) is 35.4 Å². The maximum Gasteiger partial charge on any atom is 0.326 e. The van der Waals surface area contributed by atoms with E-state index in [1.807, 2.05) is 6.26 Å². The van der Waals surface area contributed by atoms with E-state index >= 15 is 0 Å². The monoisotopic (exact) mass is 813 g/mol. The van der Waals surface area contributed by atoms with Crippen molar-refractivity contribution in [1.82, 2.24) is 41.0 Å². The number of aliphatic carboxylic acids is 2. The summed E-state index contributed by atoms with van der Waals surface area (Å²) in [6.07, 6.45) is 5.71. The van der Waals surface area contributed by atoms with Gasteiger partial charge in [0.1, 0.15) is 30.2 Å². The first kappa shape index (κ1) is 44.2. The summed E-state index contributed by atoms with van der Waals surface area (Å²) in [5.74, 6) is -5.79. The summed E-state index contributed by atoms with van der Waals surface area (Å²) in [5, 5.41) is 29.2. The van der Waals surface area contributed by atoms with Gasteiger partial charge in [-0.25, -0.2) is 9.78 Å². The Morgan fingerprint density at radius 3 is 2.16 bits per heavy atom. The topological polar surface area (TPSA) is 286 Å². The largest absolute Gasteiger partial charge is 0.481 e. The van der Waals surface area contributed by atoms with Crippen molar-refractivity contribution in [3.8, 4) is 0 Å². The summed E-state index contributed by atoms with van der Waals surface area (Å²) in [6, 6.07) is 1.98. The molecule has 57 heavy (non-hydrogen) atoms. The molecule has 2 aliphatic heterocycles. The third-order valence-electron chi connectivity index (χ3n) is 9.86. The minimum Gasteiger partial charge on any atom is -0.481 e. The molecule has 6 amide bonds. The number of carboxylic acid groups (broad SMARTS) is 2. The quantitative estimate of drug-likeness (QED) is 0.0735. The number of benzene rings is 1. The number of imidazole rings is 1. The lowest BCUT2D eigenvalue weighted by Crippen LogP contribution is -2.59. The van der Waals surface area contributed by atoms with E-state index in [-0.39, 0.29) is 38.8 Å². The molecule has 2 aliphatic rings. The summed E-state index contributed by atoms with van der Waals surface area (Å²) < 4.78 is 0. The van der Waals surface area contributed by atoms with Gasteiger partial charge in [0.15, 0.2) is 0 Å². The number of hydrogen-bond acceptors (Lipinski definition) is 11. The van der Waals surface area contributed by atoms with E-state index in [2.05, 4.69) is 31.2 Å². The first-order valence-corrected chi connectivity index (χ1v) is 20.2. The number of rotatable bonds is 21. The fraction of sp³-hybridized carbons (Fsp3) is 0.541. The summed E-state index contributed by atoms with van der Waals surface area (Å²) in [7, 11) is 0. The van der Waals surface area contributed by atoms with Crippen LogP contribution in [0.1, 0.15) is 56.2 Å². The number of hydrogen-bond donors (Lipinski definition) is 8. The number of nitrogens with two attached hydrogens (primary N) is 1. The number of nitrogens with zero attached hydrogens (tertiary/aromatic N) is 3. The molecule has 6 unspecified atom stereocenters. The molecule has 2 saturated heterocycles. The number of aromatic nitrogens is 2. The number of nitrogens with one attached hydrogen (secondary N) is 5. The zero-order valence-electron chi connectivity index (χ0n) is 31.7. The van der Waals surface area contributed by atoms with Gasteiger partial charge >= 0.3 is 11.9 Å². The number of carbonyl (C=O) groups excluding carboxylic acids is 6. The lowest BCUT2D eigenvalue weighted by atomic mass is 10.0. The minimum atomic E-state index is -1.36. The number of carboxylic acids is 2. The van der Waals surface area contributed by atoms with Crippen molar-refractivity contribution < 1.29 is 48.6 Å². The van der Waals surface area contributed by atoms with E-state index in [1.165, 1.54) is 34.1 Å². The van der Waals surface area contributed by atoms with Crippen molar-refractivity contribution in [1.29, 1.82) is 0 Å². The average molecular weight is 814 g/mol. The molecule has 0 aliphatic carbocycles. The summed E-state index contributed by atoms with van der Waals surface area (Å²) in [5.41, 5.74) is 7.06. The normalized spacial score (nSPS) is 18.5. The number of carbonyl (C=O) groups is 8. The van der Waals surface area contributed by atoms with E-state index in [4.69, 9.17) is 5.73 Å². The molecule has 1 aromatic heterocycles. The molecule has 6 atom stereocenters. The Hall–Kier alpha value is -5.50. The Morgan fingerprint density at radius 1 is 0.860 bits per heavy atom. The van der Waals surface area contributed by atoms with Gasteiger partial charge in [0, 0.05) is 38.5 Å². The predicted molar refractivity (Wildman–Crippen MR) is 206 cm³/mol. The van der Waals surface area contributed by atoms with Crippen LogP contribution in [0.5, 0.6) is 0 Å². The highest BCUT2D eigenvalue weighted by Crippen LogP contribution is 2.21. The minimum absolute atomic E-state index is 0.00851. The second-order valence-corrected chi connectivity index (χ2v) is 14.9. The smallest absolute Gasteiger partial charge is 0.326 e. The molecule has 2 aromatic rings. The van der Waals surface area contributed by atoms with Crippen LogP contribution in [-0.2, 0) is 51.2 Å². The van der Waals surface area contributed by atoms with Crippen LogP contribution in [0.2, 0.25) is 0 Å². The van der Waals surface area contributed by atoms with Crippen LogP contribution in [0, 0.1) is 0 Å². The zero-order chi connectivity index (χ0) is 41.5.